The third kappa shape index (κ3) is 3.10. The maximum atomic E-state index is 11.8. The van der Waals surface area contributed by atoms with Crippen LogP contribution in [0.15, 0.2) is 24.3 Å². The second kappa shape index (κ2) is 5.54. The predicted octanol–water partition coefficient (Wildman–Crippen LogP) is 3.07. The van der Waals surface area contributed by atoms with E-state index in [4.69, 9.17) is 4.74 Å². The molecule has 0 N–H and O–H groups in total. The van der Waals surface area contributed by atoms with Crippen LogP contribution in [0, 0.1) is 17.8 Å². The number of carbonyl (C=O) groups is 1. The van der Waals surface area contributed by atoms with Crippen LogP contribution in [-0.4, -0.2) is 12.9 Å². The molecular formula is C15H16O2. The Morgan fingerprint density at radius 3 is 2.47 bits per heavy atom. The summed E-state index contributed by atoms with van der Waals surface area (Å²) in [6, 6.07) is 7.07. The molecule has 1 aliphatic carbocycles. The molecule has 1 saturated carbocycles. The van der Waals surface area contributed by atoms with Gasteiger partial charge in [0.15, 0.2) is 0 Å². The number of carbonyl (C=O) groups excluding carboxylic acids is 1. The molecule has 1 aliphatic rings. The van der Waals surface area contributed by atoms with Crippen LogP contribution in [-0.2, 0) is 0 Å². The number of benzene rings is 1. The van der Waals surface area contributed by atoms with Crippen molar-refractivity contribution in [1.82, 2.24) is 0 Å². The number of ether oxygens (including phenoxy) is 1. The number of hydrogen-bond acceptors (Lipinski definition) is 2. The van der Waals surface area contributed by atoms with E-state index in [9.17, 15) is 4.79 Å². The van der Waals surface area contributed by atoms with Gasteiger partial charge >= 0.3 is 0 Å². The van der Waals surface area contributed by atoms with Gasteiger partial charge in [-0.2, -0.15) is 0 Å². The Morgan fingerprint density at radius 2 is 1.88 bits per heavy atom. The first-order valence-corrected chi connectivity index (χ1v) is 5.99. The van der Waals surface area contributed by atoms with Gasteiger partial charge in [-0.05, 0) is 43.0 Å². The maximum Gasteiger partial charge on any atom is 0.235 e. The molecule has 0 amide bonds. The molecule has 0 saturated heterocycles. The van der Waals surface area contributed by atoms with Crippen LogP contribution in [0.4, 0.5) is 0 Å². The average Bonchev–Trinajstić information content (AvgIpc) is 2.89. The van der Waals surface area contributed by atoms with Crippen molar-refractivity contribution in [3.63, 3.8) is 0 Å². The van der Waals surface area contributed by atoms with E-state index >= 15 is 0 Å². The molecule has 0 aromatic heterocycles. The van der Waals surface area contributed by atoms with E-state index in [1.54, 1.807) is 31.4 Å². The minimum absolute atomic E-state index is 0.0976. The SMILES string of the molecule is COc1ccc(C(=O)C#CC2CCCC2)cc1. The molecule has 2 rings (SSSR count). The highest BCUT2D eigenvalue weighted by Crippen LogP contribution is 2.23. The molecule has 0 radical (unpaired) electrons. The molecule has 0 atom stereocenters. The topological polar surface area (TPSA) is 26.3 Å². The largest absolute Gasteiger partial charge is 0.497 e. The highest BCUT2D eigenvalue weighted by atomic mass is 16.5. The lowest BCUT2D eigenvalue weighted by Crippen LogP contribution is -1.96. The molecule has 0 bridgehead atoms. The van der Waals surface area contributed by atoms with E-state index in [1.165, 1.54) is 12.8 Å². The van der Waals surface area contributed by atoms with Crippen molar-refractivity contribution in [2.45, 2.75) is 25.7 Å². The van der Waals surface area contributed by atoms with E-state index < -0.39 is 0 Å². The van der Waals surface area contributed by atoms with Crippen molar-refractivity contribution in [2.75, 3.05) is 7.11 Å². The second-order valence-electron chi connectivity index (χ2n) is 4.31. The van der Waals surface area contributed by atoms with Crippen LogP contribution in [0.2, 0.25) is 0 Å². The second-order valence-corrected chi connectivity index (χ2v) is 4.31. The highest BCUT2D eigenvalue weighted by Gasteiger charge is 2.12. The van der Waals surface area contributed by atoms with Gasteiger partial charge in [0, 0.05) is 11.5 Å². The summed E-state index contributed by atoms with van der Waals surface area (Å²) >= 11 is 0. The van der Waals surface area contributed by atoms with Gasteiger partial charge in [-0.15, -0.1) is 0 Å². The number of methoxy groups -OCH3 is 1. The fourth-order valence-corrected chi connectivity index (χ4v) is 2.05. The van der Waals surface area contributed by atoms with E-state index in [2.05, 4.69) is 11.8 Å². The zero-order valence-electron chi connectivity index (χ0n) is 10.0. The third-order valence-electron chi connectivity index (χ3n) is 3.10. The molecule has 88 valence electrons. The molecule has 1 fully saturated rings. The number of Topliss-reactive ketones (excluding diaryl/α,β-unsaturated/α-hetero) is 1. The first-order valence-electron chi connectivity index (χ1n) is 5.99. The summed E-state index contributed by atoms with van der Waals surface area (Å²) in [7, 11) is 1.61. The molecule has 0 heterocycles. The van der Waals surface area contributed by atoms with E-state index in [1.807, 2.05) is 0 Å². The smallest absolute Gasteiger partial charge is 0.235 e. The van der Waals surface area contributed by atoms with Gasteiger partial charge in [-0.25, -0.2) is 0 Å². The molecular weight excluding hydrogens is 212 g/mol. The van der Waals surface area contributed by atoms with Gasteiger partial charge in [0.05, 0.1) is 7.11 Å². The Balaban J connectivity index is 2.03. The molecule has 2 heteroatoms. The quantitative estimate of drug-likeness (QED) is 0.442. The minimum Gasteiger partial charge on any atom is -0.497 e. The van der Waals surface area contributed by atoms with Crippen LogP contribution >= 0.6 is 0 Å². The number of hydrogen-bond donors (Lipinski definition) is 0. The van der Waals surface area contributed by atoms with Gasteiger partial charge in [0.1, 0.15) is 5.75 Å². The third-order valence-corrected chi connectivity index (χ3v) is 3.10. The van der Waals surface area contributed by atoms with Crippen LogP contribution in [0.1, 0.15) is 36.0 Å². The van der Waals surface area contributed by atoms with E-state index in [0.717, 1.165) is 18.6 Å². The standard InChI is InChI=1S/C15H16O2/c1-17-14-9-7-13(8-10-14)15(16)11-6-12-4-2-3-5-12/h7-10,12H,2-5H2,1H3. The van der Waals surface area contributed by atoms with E-state index in [-0.39, 0.29) is 5.78 Å². The summed E-state index contributed by atoms with van der Waals surface area (Å²) in [4.78, 5) is 11.8. The molecule has 0 aliphatic heterocycles. The first kappa shape index (κ1) is 11.7. The fraction of sp³-hybridized carbons (Fsp3) is 0.400. The Kier molecular flexibility index (Phi) is 3.82. The zero-order valence-corrected chi connectivity index (χ0v) is 10.0. The van der Waals surface area contributed by atoms with Crippen molar-refractivity contribution in [1.29, 1.82) is 0 Å². The Morgan fingerprint density at radius 1 is 1.24 bits per heavy atom. The predicted molar refractivity (Wildman–Crippen MR) is 67.1 cm³/mol. The maximum absolute atomic E-state index is 11.8. The number of rotatable bonds is 2. The monoisotopic (exact) mass is 228 g/mol. The summed E-state index contributed by atoms with van der Waals surface area (Å²) in [5.41, 5.74) is 0.635. The van der Waals surface area contributed by atoms with Crippen molar-refractivity contribution in [3.05, 3.63) is 29.8 Å². The molecule has 0 spiro atoms. The van der Waals surface area contributed by atoms with Crippen LogP contribution < -0.4 is 4.74 Å². The number of ketones is 1. The van der Waals surface area contributed by atoms with Gasteiger partial charge in [-0.3, -0.25) is 4.79 Å². The van der Waals surface area contributed by atoms with Crippen molar-refractivity contribution in [2.24, 2.45) is 5.92 Å². The first-order chi connectivity index (χ1) is 8.29. The Bertz CT molecular complexity index is 442. The fourth-order valence-electron chi connectivity index (χ4n) is 2.05. The van der Waals surface area contributed by atoms with Crippen molar-refractivity contribution >= 4 is 5.78 Å². The lowest BCUT2D eigenvalue weighted by Gasteiger charge is -1.99. The summed E-state index contributed by atoms with van der Waals surface area (Å²) in [6.07, 6.45) is 4.78. The zero-order chi connectivity index (χ0) is 12.1. The lowest BCUT2D eigenvalue weighted by atomic mass is 10.1. The summed E-state index contributed by atoms with van der Waals surface area (Å²) in [6.45, 7) is 0. The summed E-state index contributed by atoms with van der Waals surface area (Å²) in [5, 5.41) is 0. The van der Waals surface area contributed by atoms with Crippen LogP contribution in [0.25, 0.3) is 0 Å². The Hall–Kier alpha value is -1.75. The summed E-state index contributed by atoms with van der Waals surface area (Å²) in [5.74, 6) is 6.91. The molecule has 1 aromatic rings. The summed E-state index contributed by atoms with van der Waals surface area (Å²) < 4.78 is 5.04. The normalized spacial score (nSPS) is 15.1. The van der Waals surface area contributed by atoms with Crippen molar-refractivity contribution in [3.8, 4) is 17.6 Å². The average molecular weight is 228 g/mol. The molecule has 2 nitrogen and oxygen atoms in total. The highest BCUT2D eigenvalue weighted by molar-refractivity contribution is 6.09. The van der Waals surface area contributed by atoms with E-state index in [0.29, 0.717) is 11.5 Å². The minimum atomic E-state index is -0.0976. The van der Waals surface area contributed by atoms with Gasteiger partial charge in [-0.1, -0.05) is 18.8 Å². The van der Waals surface area contributed by atoms with Crippen molar-refractivity contribution < 1.29 is 9.53 Å². The molecule has 1 aromatic carbocycles. The molecule has 0 unspecified atom stereocenters. The van der Waals surface area contributed by atoms with Gasteiger partial charge in [0.2, 0.25) is 5.78 Å². The van der Waals surface area contributed by atoms with Gasteiger partial charge in [0.25, 0.3) is 0 Å². The lowest BCUT2D eigenvalue weighted by molar-refractivity contribution is 0.105. The van der Waals surface area contributed by atoms with Crippen LogP contribution in [0.5, 0.6) is 5.75 Å². The molecule has 17 heavy (non-hydrogen) atoms. The Labute approximate surface area is 102 Å². The van der Waals surface area contributed by atoms with Crippen LogP contribution in [0.3, 0.4) is 0 Å². The van der Waals surface area contributed by atoms with Gasteiger partial charge < -0.3 is 4.74 Å².